The molecule has 0 aliphatic carbocycles. The first kappa shape index (κ1) is 18.2. The molecule has 11 nitrogen and oxygen atoms in total. The van der Waals surface area contributed by atoms with Gasteiger partial charge in [-0.25, -0.2) is 8.98 Å². The van der Waals surface area contributed by atoms with E-state index in [1.165, 1.54) is 6.07 Å². The maximum absolute atomic E-state index is 11.5. The molecular formula is C15H22N5O6S+. The second-order valence-corrected chi connectivity index (χ2v) is 8.46. The van der Waals surface area contributed by atoms with Crippen LogP contribution >= 0.6 is 0 Å². The number of guanidine groups is 1. The van der Waals surface area contributed by atoms with Gasteiger partial charge in [0.05, 0.1) is 24.7 Å². The van der Waals surface area contributed by atoms with E-state index in [2.05, 4.69) is 25.2 Å². The van der Waals surface area contributed by atoms with Gasteiger partial charge < -0.3 is 4.98 Å². The van der Waals surface area contributed by atoms with Crippen molar-refractivity contribution in [2.45, 2.75) is 50.4 Å². The SMILES string of the molecule is CC1C2CNC3=[N+]2[13CH](C[13CH](C[13c]2c[13c](=[18O])[nH]c(=O)[nH]2)N3)C[13CH]1[18O]S(=O)(=O)O. The molecule has 1 fully saturated rings. The molecule has 1 saturated heterocycles. The molecule has 0 bridgehead atoms. The van der Waals surface area contributed by atoms with Gasteiger partial charge in [0.2, 0.25) is 0 Å². The van der Waals surface area contributed by atoms with Gasteiger partial charge in [0.15, 0.2) is 0 Å². The van der Waals surface area contributed by atoms with Crippen LogP contribution in [0.1, 0.15) is 25.5 Å². The van der Waals surface area contributed by atoms with Gasteiger partial charge in [-0.3, -0.25) is 29.5 Å². The first-order chi connectivity index (χ1) is 12.7. The molecule has 3 aliphatic rings. The summed E-state index contributed by atoms with van der Waals surface area (Å²) in [5.41, 5.74) is -0.472. The van der Waals surface area contributed by atoms with Crippen LogP contribution in [-0.2, 0) is 21.0 Å². The maximum Gasteiger partial charge on any atom is 0.397 e. The van der Waals surface area contributed by atoms with E-state index in [1.54, 1.807) is 0 Å². The van der Waals surface area contributed by atoms with Crippen molar-refractivity contribution in [2.75, 3.05) is 6.54 Å². The summed E-state index contributed by atoms with van der Waals surface area (Å²) in [6.07, 6.45) is 0.963. The summed E-state index contributed by atoms with van der Waals surface area (Å²) in [6.45, 7) is 2.55. The molecular weight excluding hydrogens is 387 g/mol. The van der Waals surface area contributed by atoms with Crippen LogP contribution in [0.2, 0.25) is 0 Å². The van der Waals surface area contributed by atoms with Crippen LogP contribution in [0.4, 0.5) is 0 Å². The summed E-state index contributed by atoms with van der Waals surface area (Å²) in [6, 6.07) is 1.38. The zero-order chi connectivity index (χ0) is 19.3. The van der Waals surface area contributed by atoms with Gasteiger partial charge in [0.1, 0.15) is 6.04 Å². The molecule has 0 spiro atoms. The van der Waals surface area contributed by atoms with E-state index in [9.17, 15) is 18.0 Å². The number of hydrogen-bond donors (Lipinski definition) is 5. The minimum absolute atomic E-state index is 0.0166. The van der Waals surface area contributed by atoms with Crippen molar-refractivity contribution >= 4 is 16.4 Å². The molecule has 0 radical (unpaired) electrons. The standard InChI is InChI=1S/C15H21N5O6S/c1-7-11-6-16-14-17-8(2-9-4-13(21)19-15(22)18-9)3-10(20(11)14)5-12(7)26-27(23,24)25/h4,7-8,10-12H,2-3,5-6H2,1H3,(H4,16,17,18,19,21,22,23,24,25)/p+1/i8+1,9+1,10+1,12+1,13+1,21+2,26+2. The van der Waals surface area contributed by atoms with Gasteiger partial charge in [-0.2, -0.15) is 8.42 Å². The Morgan fingerprint density at radius 3 is 2.85 bits per heavy atom. The molecule has 1 aromatic rings. The Morgan fingerprint density at radius 2 is 2.15 bits per heavy atom. The van der Waals surface area contributed by atoms with Crippen LogP contribution in [-0.4, -0.2) is 64.2 Å². The Hall–Kier alpha value is -2.18. The Labute approximate surface area is 154 Å². The van der Waals surface area contributed by atoms with Crippen LogP contribution in [0, 0.1) is 5.92 Å². The number of rotatable bonds is 4. The fraction of sp³-hybridized carbons (Fsp3) is 0.667. The largest absolute Gasteiger partial charge is 0.397 e. The number of nitrogens with zero attached hydrogens (tertiary/aromatic N) is 1. The van der Waals surface area contributed by atoms with Crippen molar-refractivity contribution in [1.29, 1.82) is 0 Å². The van der Waals surface area contributed by atoms with Gasteiger partial charge in [-0.1, -0.05) is 6.92 Å². The van der Waals surface area contributed by atoms with E-state index in [0.717, 1.165) is 5.96 Å². The Kier molecular flexibility index (Phi) is 4.35. The number of piperidine rings is 1. The fourth-order valence-electron chi connectivity index (χ4n) is 4.52. The average Bonchev–Trinajstić information content (AvgIpc) is 2.94. The molecule has 1 aromatic heterocycles. The highest BCUT2D eigenvalue weighted by Gasteiger charge is 2.51. The summed E-state index contributed by atoms with van der Waals surface area (Å²) in [4.78, 5) is 27.7. The minimum Gasteiger partial charge on any atom is -0.311 e. The van der Waals surface area contributed by atoms with Crippen molar-refractivity contribution < 1.29 is 21.7 Å². The third kappa shape index (κ3) is 3.64. The molecule has 5 atom stereocenters. The lowest BCUT2D eigenvalue weighted by Gasteiger charge is -2.40. The van der Waals surface area contributed by atoms with Gasteiger partial charge >= 0.3 is 22.0 Å². The van der Waals surface area contributed by atoms with E-state index in [0.29, 0.717) is 31.5 Å². The van der Waals surface area contributed by atoms with Crippen LogP contribution in [0.3, 0.4) is 0 Å². The van der Waals surface area contributed by atoms with E-state index >= 15 is 0 Å². The smallest absolute Gasteiger partial charge is 0.311 e. The molecule has 4 heterocycles. The van der Waals surface area contributed by atoms with Gasteiger partial charge in [0, 0.05) is 36.9 Å². The Bertz CT molecular complexity index is 970. The predicted molar refractivity (Wildman–Crippen MR) is 94.0 cm³/mol. The predicted octanol–water partition coefficient (Wildman–Crippen LogP) is -2.10. The Morgan fingerprint density at radius 1 is 1.37 bits per heavy atom. The summed E-state index contributed by atoms with van der Waals surface area (Å²) in [5, 5.41) is 6.71. The second-order valence-electron chi connectivity index (χ2n) is 7.41. The molecule has 0 aromatic carbocycles. The zero-order valence-electron chi connectivity index (χ0n) is 14.6. The molecule has 5 unspecified atom stereocenters. The first-order valence-corrected chi connectivity index (χ1v) is 10.2. The van der Waals surface area contributed by atoms with E-state index in [-0.39, 0.29) is 24.0 Å². The van der Waals surface area contributed by atoms with E-state index < -0.39 is 27.8 Å². The van der Waals surface area contributed by atoms with Crippen LogP contribution in [0.15, 0.2) is 15.7 Å². The normalized spacial score (nSPS) is 32.6. The van der Waals surface area contributed by atoms with E-state index in [1.807, 2.05) is 6.92 Å². The monoisotopic (exact) mass is 409 g/mol. The highest BCUT2D eigenvalue weighted by Crippen LogP contribution is 2.33. The quantitative estimate of drug-likeness (QED) is 0.164. The second kappa shape index (κ2) is 6.46. The Balaban J connectivity index is 1.57. The topological polar surface area (TPSA) is 156 Å². The highest BCUT2D eigenvalue weighted by atomic mass is 32.3. The molecule has 148 valence electrons. The van der Waals surface area contributed by atoms with Crippen LogP contribution < -0.4 is 21.9 Å². The summed E-state index contributed by atoms with van der Waals surface area (Å²) in [7, 11) is -4.52. The van der Waals surface area contributed by atoms with Crippen molar-refractivity contribution in [3.63, 3.8) is 0 Å². The number of aromatic amines is 2. The lowest BCUT2D eigenvalue weighted by atomic mass is 10.0. The van der Waals surface area contributed by atoms with E-state index in [4.69, 9.17) is 8.74 Å². The third-order valence-corrected chi connectivity index (χ3v) is 6.10. The molecule has 3 aliphatic heterocycles. The molecule has 0 saturated carbocycles. The molecule has 12 heteroatoms. The number of hydrogen-bond acceptors (Lipinski definition) is 7. The van der Waals surface area contributed by atoms with Gasteiger partial charge in [0.25, 0.3) is 5.56 Å². The number of nitrogens with one attached hydrogen (secondary N) is 4. The maximum atomic E-state index is 11.5. The summed E-state index contributed by atoms with van der Waals surface area (Å²) in [5.74, 6) is 0.779. The first-order valence-electron chi connectivity index (χ1n) is 8.83. The lowest BCUT2D eigenvalue weighted by molar-refractivity contribution is -0.620. The summed E-state index contributed by atoms with van der Waals surface area (Å²) < 4.78 is 38.6. The highest BCUT2D eigenvalue weighted by molar-refractivity contribution is 7.80. The molecule has 0 amide bonds. The lowest BCUT2D eigenvalue weighted by Crippen LogP contribution is -2.59. The third-order valence-electron chi connectivity index (χ3n) is 5.61. The van der Waals surface area contributed by atoms with Crippen molar-refractivity contribution in [3.8, 4) is 0 Å². The van der Waals surface area contributed by atoms with Gasteiger partial charge in [-0.15, -0.1) is 0 Å². The minimum atomic E-state index is -4.52. The van der Waals surface area contributed by atoms with Gasteiger partial charge in [-0.05, 0) is 0 Å². The van der Waals surface area contributed by atoms with Crippen LogP contribution in [0.25, 0.3) is 0 Å². The molecule has 5 N–H and O–H groups in total. The summed E-state index contributed by atoms with van der Waals surface area (Å²) >= 11 is 0. The fourth-order valence-corrected chi connectivity index (χ4v) is 5.09. The molecule has 4 rings (SSSR count). The number of H-pyrrole nitrogens is 2. The van der Waals surface area contributed by atoms with Crippen molar-refractivity contribution in [3.05, 3.63) is 32.6 Å². The molecule has 27 heavy (non-hydrogen) atoms. The zero-order valence-corrected chi connectivity index (χ0v) is 15.5. The van der Waals surface area contributed by atoms with Crippen molar-refractivity contribution in [2.24, 2.45) is 5.92 Å². The number of aromatic nitrogens is 2. The van der Waals surface area contributed by atoms with Crippen LogP contribution in [0.5, 0.6) is 0 Å². The van der Waals surface area contributed by atoms with Crippen molar-refractivity contribution in [1.82, 2.24) is 20.6 Å². The average molecular weight is 409 g/mol.